The summed E-state index contributed by atoms with van der Waals surface area (Å²) in [6, 6.07) is 0. The average molecular weight is 204 g/mol. The molecule has 5 N–H and O–H groups in total. The van der Waals surface area contributed by atoms with E-state index >= 15 is 0 Å². The van der Waals surface area contributed by atoms with Gasteiger partial charge < -0.3 is 21.3 Å². The van der Waals surface area contributed by atoms with Crippen molar-refractivity contribution in [1.29, 1.82) is 0 Å². The van der Waals surface area contributed by atoms with Gasteiger partial charge in [0.15, 0.2) is 6.10 Å². The molecule has 0 spiro atoms. The lowest BCUT2D eigenvalue weighted by Gasteiger charge is -2.17. The van der Waals surface area contributed by atoms with Crippen LogP contribution in [-0.4, -0.2) is 40.3 Å². The average Bonchev–Trinajstić information content (AvgIpc) is 1.96. The summed E-state index contributed by atoms with van der Waals surface area (Å²) < 4.78 is 0. The first-order chi connectivity index (χ1) is 6.22. The molecule has 1 amide bonds. The first-order valence-corrected chi connectivity index (χ1v) is 4.19. The molecule has 0 bridgehead atoms. The van der Waals surface area contributed by atoms with Crippen LogP contribution < -0.4 is 11.1 Å². The van der Waals surface area contributed by atoms with Gasteiger partial charge in [0.1, 0.15) is 0 Å². The van der Waals surface area contributed by atoms with Crippen molar-refractivity contribution in [3.05, 3.63) is 0 Å². The molecule has 0 aromatic carbocycles. The van der Waals surface area contributed by atoms with Gasteiger partial charge in [-0.15, -0.1) is 0 Å². The maximum Gasteiger partial charge on any atom is 0.334 e. The molecule has 0 aromatic rings. The van der Waals surface area contributed by atoms with E-state index in [2.05, 4.69) is 5.32 Å². The fourth-order valence-corrected chi connectivity index (χ4v) is 0.774. The van der Waals surface area contributed by atoms with Gasteiger partial charge in [0.25, 0.3) is 0 Å². The number of carbonyl (C=O) groups excluding carboxylic acids is 1. The van der Waals surface area contributed by atoms with Crippen molar-refractivity contribution >= 4 is 11.9 Å². The molecule has 1 atom stereocenters. The third-order valence-electron chi connectivity index (χ3n) is 1.39. The second-order valence-corrected chi connectivity index (χ2v) is 3.82. The van der Waals surface area contributed by atoms with E-state index in [0.29, 0.717) is 0 Å². The summed E-state index contributed by atoms with van der Waals surface area (Å²) >= 11 is 0. The van der Waals surface area contributed by atoms with E-state index in [0.717, 1.165) is 0 Å². The third kappa shape index (κ3) is 6.38. The predicted octanol–water partition coefficient (Wildman–Crippen LogP) is -1.32. The topological polar surface area (TPSA) is 113 Å². The van der Waals surface area contributed by atoms with Crippen LogP contribution in [0.4, 0.5) is 0 Å². The molecule has 6 nitrogen and oxygen atoms in total. The second-order valence-electron chi connectivity index (χ2n) is 3.82. The number of amides is 1. The van der Waals surface area contributed by atoms with Crippen LogP contribution in [0, 0.1) is 0 Å². The Hall–Kier alpha value is -1.14. The van der Waals surface area contributed by atoms with Crippen LogP contribution >= 0.6 is 0 Å². The van der Waals surface area contributed by atoms with E-state index in [1.807, 2.05) is 0 Å². The fraction of sp³-hybridized carbons (Fsp3) is 0.750. The number of hydrogen-bond donors (Lipinski definition) is 4. The molecule has 0 aliphatic rings. The van der Waals surface area contributed by atoms with Gasteiger partial charge in [0.05, 0.1) is 6.54 Å². The molecular formula is C8H16N2O4. The van der Waals surface area contributed by atoms with Gasteiger partial charge >= 0.3 is 5.97 Å². The monoisotopic (exact) mass is 204 g/mol. The summed E-state index contributed by atoms with van der Waals surface area (Å²) in [4.78, 5) is 21.3. The highest BCUT2D eigenvalue weighted by Gasteiger charge is 2.18. The fourth-order valence-electron chi connectivity index (χ4n) is 0.774. The first kappa shape index (κ1) is 12.9. The van der Waals surface area contributed by atoms with Crippen molar-refractivity contribution in [2.75, 3.05) is 6.54 Å². The van der Waals surface area contributed by atoms with E-state index in [1.54, 1.807) is 13.8 Å². The van der Waals surface area contributed by atoms with E-state index in [4.69, 9.17) is 15.9 Å². The summed E-state index contributed by atoms with van der Waals surface area (Å²) in [6.45, 7) is 3.06. The number of carbonyl (C=O) groups is 2. The van der Waals surface area contributed by atoms with Gasteiger partial charge in [0.2, 0.25) is 5.91 Å². The van der Waals surface area contributed by atoms with E-state index in [1.165, 1.54) is 0 Å². The van der Waals surface area contributed by atoms with Crippen LogP contribution in [0.1, 0.15) is 20.3 Å². The molecule has 82 valence electrons. The molecule has 0 saturated carbocycles. The zero-order chi connectivity index (χ0) is 11.4. The van der Waals surface area contributed by atoms with Crippen molar-refractivity contribution in [3.63, 3.8) is 0 Å². The SMILES string of the molecule is CC(C)(N)CC(=O)NC[C@H](O)C(=O)O. The minimum Gasteiger partial charge on any atom is -0.479 e. The molecule has 6 heteroatoms. The van der Waals surface area contributed by atoms with Crippen molar-refractivity contribution in [2.24, 2.45) is 5.73 Å². The normalized spacial score (nSPS) is 13.4. The van der Waals surface area contributed by atoms with Gasteiger partial charge in [-0.2, -0.15) is 0 Å². The Morgan fingerprint density at radius 3 is 2.36 bits per heavy atom. The Labute approximate surface area is 82.1 Å². The number of aliphatic hydroxyl groups excluding tert-OH is 1. The summed E-state index contributed by atoms with van der Waals surface area (Å²) in [5.74, 6) is -1.74. The molecular weight excluding hydrogens is 188 g/mol. The molecule has 0 saturated heterocycles. The zero-order valence-corrected chi connectivity index (χ0v) is 8.28. The van der Waals surface area contributed by atoms with Gasteiger partial charge in [-0.1, -0.05) is 0 Å². The maximum absolute atomic E-state index is 11.1. The summed E-state index contributed by atoms with van der Waals surface area (Å²) in [5, 5.41) is 19.4. The third-order valence-corrected chi connectivity index (χ3v) is 1.39. The molecule has 0 radical (unpaired) electrons. The minimum atomic E-state index is -1.57. The number of carboxylic acids is 1. The van der Waals surface area contributed by atoms with Crippen LogP contribution in [0.3, 0.4) is 0 Å². The molecule has 14 heavy (non-hydrogen) atoms. The summed E-state index contributed by atoms with van der Waals surface area (Å²) in [6.07, 6.45) is -1.49. The Morgan fingerprint density at radius 1 is 1.50 bits per heavy atom. The van der Waals surface area contributed by atoms with Crippen LogP contribution in [-0.2, 0) is 9.59 Å². The smallest absolute Gasteiger partial charge is 0.334 e. The lowest BCUT2D eigenvalue weighted by Crippen LogP contribution is -2.42. The lowest BCUT2D eigenvalue weighted by atomic mass is 10.0. The lowest BCUT2D eigenvalue weighted by molar-refractivity contribution is -0.146. The number of aliphatic carboxylic acids is 1. The van der Waals surface area contributed by atoms with Gasteiger partial charge in [-0.3, -0.25) is 4.79 Å². The highest BCUT2D eigenvalue weighted by atomic mass is 16.4. The number of nitrogens with two attached hydrogens (primary N) is 1. The first-order valence-electron chi connectivity index (χ1n) is 4.19. The number of nitrogens with one attached hydrogen (secondary N) is 1. The molecule has 0 unspecified atom stereocenters. The number of rotatable bonds is 5. The molecule has 0 heterocycles. The Kier molecular flexibility index (Phi) is 4.52. The largest absolute Gasteiger partial charge is 0.479 e. The van der Waals surface area contributed by atoms with Crippen LogP contribution in [0.5, 0.6) is 0 Å². The van der Waals surface area contributed by atoms with Crippen LogP contribution in [0.2, 0.25) is 0 Å². The van der Waals surface area contributed by atoms with Gasteiger partial charge in [-0.25, -0.2) is 4.79 Å². The predicted molar refractivity (Wildman–Crippen MR) is 49.5 cm³/mol. The number of hydrogen-bond acceptors (Lipinski definition) is 4. The molecule has 0 fully saturated rings. The van der Waals surface area contributed by atoms with E-state index in [-0.39, 0.29) is 18.9 Å². The number of carboxylic acid groups (broad SMARTS) is 1. The van der Waals surface area contributed by atoms with Crippen molar-refractivity contribution in [3.8, 4) is 0 Å². The quantitative estimate of drug-likeness (QED) is 0.443. The zero-order valence-electron chi connectivity index (χ0n) is 8.28. The van der Waals surface area contributed by atoms with Crippen LogP contribution in [0.25, 0.3) is 0 Å². The standard InChI is InChI=1S/C8H16N2O4/c1-8(2,9)3-6(12)10-4-5(11)7(13)14/h5,11H,3-4,9H2,1-2H3,(H,10,12)(H,13,14)/t5-/m0/s1. The highest BCUT2D eigenvalue weighted by molar-refractivity contribution is 5.78. The van der Waals surface area contributed by atoms with Gasteiger partial charge in [-0.05, 0) is 13.8 Å². The van der Waals surface area contributed by atoms with Gasteiger partial charge in [0, 0.05) is 12.0 Å². The second kappa shape index (κ2) is 4.92. The minimum absolute atomic E-state index is 0.0827. The molecule has 0 rings (SSSR count). The van der Waals surface area contributed by atoms with Crippen molar-refractivity contribution in [1.82, 2.24) is 5.32 Å². The molecule has 0 aliphatic carbocycles. The van der Waals surface area contributed by atoms with Crippen LogP contribution in [0.15, 0.2) is 0 Å². The Morgan fingerprint density at radius 2 is 2.00 bits per heavy atom. The Balaban J connectivity index is 3.81. The van der Waals surface area contributed by atoms with E-state index in [9.17, 15) is 9.59 Å². The Bertz CT molecular complexity index is 222. The molecule has 0 aliphatic heterocycles. The summed E-state index contributed by atoms with van der Waals surface area (Å²) in [5.41, 5.74) is 4.92. The highest BCUT2D eigenvalue weighted by Crippen LogP contribution is 2.02. The molecule has 0 aromatic heterocycles. The van der Waals surface area contributed by atoms with Crippen molar-refractivity contribution in [2.45, 2.75) is 31.9 Å². The maximum atomic E-state index is 11.1. The van der Waals surface area contributed by atoms with Crippen molar-refractivity contribution < 1.29 is 19.8 Å². The van der Waals surface area contributed by atoms with E-state index < -0.39 is 17.6 Å². The number of aliphatic hydroxyl groups is 1. The summed E-state index contributed by atoms with van der Waals surface area (Å²) in [7, 11) is 0.